The molecule has 7 heteroatoms. The maximum absolute atomic E-state index is 13.1. The molecule has 2 aromatic carbocycles. The normalized spacial score (nSPS) is 14.8. The number of hydrogen-bond donors (Lipinski definition) is 0. The minimum atomic E-state index is 0.0377. The van der Waals surface area contributed by atoms with Crippen LogP contribution in [-0.2, 0) is 4.79 Å². The number of rotatable bonds is 8. The van der Waals surface area contributed by atoms with Gasteiger partial charge in [0.1, 0.15) is 11.3 Å². The molecule has 1 fully saturated rings. The highest BCUT2D eigenvalue weighted by atomic mass is 16.5. The first-order valence-corrected chi connectivity index (χ1v) is 12.5. The van der Waals surface area contributed by atoms with Gasteiger partial charge < -0.3 is 28.4 Å². The van der Waals surface area contributed by atoms with Crippen molar-refractivity contribution in [2.75, 3.05) is 53.6 Å². The minimum Gasteiger partial charge on any atom is -0.493 e. The molecule has 3 aromatic rings. The Hall–Kier alpha value is -3.45. The second-order valence-electron chi connectivity index (χ2n) is 8.99. The topological polar surface area (TPSA) is 64.4 Å². The van der Waals surface area contributed by atoms with Gasteiger partial charge in [-0.3, -0.25) is 4.79 Å². The lowest BCUT2D eigenvalue weighted by Gasteiger charge is -2.33. The number of nitrogens with zero attached hydrogens (tertiary/aromatic N) is 2. The molecule has 1 saturated heterocycles. The van der Waals surface area contributed by atoms with Crippen LogP contribution >= 0.6 is 0 Å². The molecule has 1 amide bonds. The first kappa shape index (κ1) is 25.6. The third kappa shape index (κ3) is 4.93. The van der Waals surface area contributed by atoms with Gasteiger partial charge in [0.2, 0.25) is 5.91 Å². The van der Waals surface area contributed by atoms with Gasteiger partial charge >= 0.3 is 0 Å². The number of benzene rings is 2. The second-order valence-corrected chi connectivity index (χ2v) is 8.99. The van der Waals surface area contributed by atoms with Crippen molar-refractivity contribution in [3.8, 4) is 28.4 Å². The maximum Gasteiger partial charge on any atom is 0.246 e. The van der Waals surface area contributed by atoms with Gasteiger partial charge in [-0.25, -0.2) is 0 Å². The van der Waals surface area contributed by atoms with Gasteiger partial charge in [-0.1, -0.05) is 13.0 Å². The summed E-state index contributed by atoms with van der Waals surface area (Å²) in [5, 5.41) is 0.954. The lowest BCUT2D eigenvalue weighted by molar-refractivity contribution is -0.127. The molecular formula is C29H36N2O5. The van der Waals surface area contributed by atoms with E-state index in [0.717, 1.165) is 77.3 Å². The summed E-state index contributed by atoms with van der Waals surface area (Å²) in [6.07, 6.45) is 3.50. The summed E-state index contributed by atoms with van der Waals surface area (Å²) in [7, 11) is 3.24. The fourth-order valence-electron chi connectivity index (χ4n) is 4.81. The van der Waals surface area contributed by atoms with E-state index in [0.29, 0.717) is 18.1 Å². The maximum atomic E-state index is 13.1. The van der Waals surface area contributed by atoms with Crippen LogP contribution in [0.2, 0.25) is 0 Å². The van der Waals surface area contributed by atoms with Gasteiger partial charge in [-0.2, -0.15) is 0 Å². The number of hydrogen-bond acceptors (Lipinski definition) is 6. The lowest BCUT2D eigenvalue weighted by Crippen LogP contribution is -2.48. The van der Waals surface area contributed by atoms with Crippen LogP contribution in [0, 0.1) is 6.92 Å². The van der Waals surface area contributed by atoms with E-state index in [1.165, 1.54) is 0 Å². The van der Waals surface area contributed by atoms with Gasteiger partial charge in [0.15, 0.2) is 11.5 Å². The number of ether oxygens (including phenoxy) is 3. The molecule has 7 nitrogen and oxygen atoms in total. The van der Waals surface area contributed by atoms with Crippen molar-refractivity contribution in [1.82, 2.24) is 9.80 Å². The molecule has 0 atom stereocenters. The quantitative estimate of drug-likeness (QED) is 0.393. The number of methoxy groups -OCH3 is 2. The molecule has 2 heterocycles. The zero-order chi connectivity index (χ0) is 25.8. The molecule has 192 valence electrons. The molecule has 4 rings (SSSR count). The Morgan fingerprint density at radius 1 is 1.06 bits per heavy atom. The molecule has 1 aliphatic heterocycles. The number of carbonyl (C=O) groups is 1. The molecule has 0 N–H and O–H groups in total. The van der Waals surface area contributed by atoms with Crippen molar-refractivity contribution in [2.45, 2.75) is 27.7 Å². The number of aryl methyl sites for hydroxylation is 1. The fraction of sp³-hybridized carbons (Fsp3) is 0.414. The van der Waals surface area contributed by atoms with E-state index in [1.54, 1.807) is 26.6 Å². The van der Waals surface area contributed by atoms with E-state index < -0.39 is 0 Å². The lowest BCUT2D eigenvalue weighted by atomic mass is 9.96. The van der Waals surface area contributed by atoms with Gasteiger partial charge in [0, 0.05) is 54.3 Å². The number of likely N-dealkylation sites (N-methyl/N-ethyl adjacent to an activating group) is 1. The molecule has 36 heavy (non-hydrogen) atoms. The van der Waals surface area contributed by atoms with Crippen molar-refractivity contribution < 1.29 is 23.4 Å². The molecule has 0 spiro atoms. The van der Waals surface area contributed by atoms with E-state index in [1.807, 2.05) is 43.9 Å². The second kappa shape index (κ2) is 11.1. The molecular weight excluding hydrogens is 456 g/mol. The van der Waals surface area contributed by atoms with Crippen molar-refractivity contribution in [1.29, 1.82) is 0 Å². The average Bonchev–Trinajstić information content (AvgIpc) is 3.34. The number of allylic oxidation sites excluding steroid dienone is 1. The summed E-state index contributed by atoms with van der Waals surface area (Å²) in [6.45, 7) is 12.9. The van der Waals surface area contributed by atoms with Crippen molar-refractivity contribution in [2.24, 2.45) is 0 Å². The molecule has 1 aliphatic rings. The summed E-state index contributed by atoms with van der Waals surface area (Å²) in [5.74, 6) is 2.10. The Bertz CT molecular complexity index is 1270. The molecule has 1 aromatic heterocycles. The minimum absolute atomic E-state index is 0.0377. The van der Waals surface area contributed by atoms with Gasteiger partial charge in [-0.15, -0.1) is 0 Å². The van der Waals surface area contributed by atoms with Crippen molar-refractivity contribution in [3.05, 3.63) is 47.7 Å². The van der Waals surface area contributed by atoms with E-state index >= 15 is 0 Å². The van der Waals surface area contributed by atoms with Crippen LogP contribution in [-0.4, -0.2) is 69.3 Å². The number of furan rings is 1. The van der Waals surface area contributed by atoms with Crippen LogP contribution in [0.3, 0.4) is 0 Å². The Morgan fingerprint density at radius 3 is 2.42 bits per heavy atom. The van der Waals surface area contributed by atoms with Crippen LogP contribution in [0.15, 0.2) is 41.0 Å². The Labute approximate surface area is 213 Å². The zero-order valence-electron chi connectivity index (χ0n) is 22.1. The predicted octanol–water partition coefficient (Wildman–Crippen LogP) is 5.39. The standard InChI is InChI=1S/C29H36N2O5/c1-7-30-11-13-31(14-12-30)27(32)15-19(3)22-17-23-24(18-36-29(23)20(4)28(22)35-8-2)21-9-10-25(33-5)26(16-21)34-6/h9-10,15-18H,7-8,11-14H2,1-6H3/b19-15+. The molecule has 0 radical (unpaired) electrons. The van der Waals surface area contributed by atoms with E-state index in [4.69, 9.17) is 18.6 Å². The SMILES string of the molecule is CCOc1c(/C(C)=C/C(=O)N2CCN(CC)CC2)cc2c(-c3ccc(OC)c(OC)c3)coc2c1C. The Balaban J connectivity index is 1.76. The number of carbonyl (C=O) groups excluding carboxylic acids is 1. The Morgan fingerprint density at radius 2 is 1.78 bits per heavy atom. The fourth-order valence-corrected chi connectivity index (χ4v) is 4.81. The summed E-state index contributed by atoms with van der Waals surface area (Å²) in [4.78, 5) is 17.4. The van der Waals surface area contributed by atoms with Gasteiger partial charge in [-0.05, 0) is 56.7 Å². The first-order valence-electron chi connectivity index (χ1n) is 12.5. The number of amides is 1. The molecule has 0 saturated carbocycles. The van der Waals surface area contributed by atoms with Crippen LogP contribution in [0.4, 0.5) is 0 Å². The summed E-state index contributed by atoms with van der Waals surface area (Å²) in [6, 6.07) is 7.88. The van der Waals surface area contributed by atoms with E-state index in [2.05, 4.69) is 17.9 Å². The van der Waals surface area contributed by atoms with E-state index in [9.17, 15) is 4.79 Å². The third-order valence-corrected chi connectivity index (χ3v) is 6.92. The first-order chi connectivity index (χ1) is 17.4. The number of piperazine rings is 1. The Kier molecular flexibility index (Phi) is 7.89. The summed E-state index contributed by atoms with van der Waals surface area (Å²) in [5.41, 5.74) is 5.33. The molecule has 0 aliphatic carbocycles. The largest absolute Gasteiger partial charge is 0.493 e. The summed E-state index contributed by atoms with van der Waals surface area (Å²) >= 11 is 0. The van der Waals surface area contributed by atoms with Crippen LogP contribution in [0.25, 0.3) is 27.7 Å². The van der Waals surface area contributed by atoms with Gasteiger partial charge in [0.25, 0.3) is 0 Å². The third-order valence-electron chi connectivity index (χ3n) is 6.92. The zero-order valence-corrected chi connectivity index (χ0v) is 22.1. The highest BCUT2D eigenvalue weighted by molar-refractivity contribution is 6.02. The number of fused-ring (bicyclic) bond motifs is 1. The van der Waals surface area contributed by atoms with Crippen molar-refractivity contribution in [3.63, 3.8) is 0 Å². The van der Waals surface area contributed by atoms with Crippen molar-refractivity contribution >= 4 is 22.4 Å². The van der Waals surface area contributed by atoms with Crippen LogP contribution < -0.4 is 14.2 Å². The van der Waals surface area contributed by atoms with Gasteiger partial charge in [0.05, 0.1) is 27.1 Å². The predicted molar refractivity (Wildman–Crippen MR) is 143 cm³/mol. The average molecular weight is 493 g/mol. The summed E-state index contributed by atoms with van der Waals surface area (Å²) < 4.78 is 23.0. The molecule has 0 bridgehead atoms. The molecule has 0 unspecified atom stereocenters. The van der Waals surface area contributed by atoms with E-state index in [-0.39, 0.29) is 5.91 Å². The van der Waals surface area contributed by atoms with Crippen LogP contribution in [0.5, 0.6) is 17.2 Å². The highest BCUT2D eigenvalue weighted by Crippen LogP contribution is 2.42. The highest BCUT2D eigenvalue weighted by Gasteiger charge is 2.22. The van der Waals surface area contributed by atoms with Crippen LogP contribution in [0.1, 0.15) is 31.9 Å². The monoisotopic (exact) mass is 492 g/mol. The smallest absolute Gasteiger partial charge is 0.246 e.